The Balaban J connectivity index is 2.66. The molecule has 0 aromatic rings. The van der Waals surface area contributed by atoms with Crippen molar-refractivity contribution in [2.24, 2.45) is 11.7 Å². The Morgan fingerprint density at radius 2 is 2.10 bits per heavy atom. The molecule has 116 valence electrons. The van der Waals surface area contributed by atoms with Gasteiger partial charge in [0.1, 0.15) is 11.4 Å². The molecule has 0 bridgehead atoms. The van der Waals surface area contributed by atoms with E-state index >= 15 is 0 Å². The van der Waals surface area contributed by atoms with Crippen LogP contribution in [0.25, 0.3) is 0 Å². The first-order chi connectivity index (χ1) is 9.42. The van der Waals surface area contributed by atoms with E-state index < -0.39 is 22.5 Å². The predicted octanol–water partition coefficient (Wildman–Crippen LogP) is 1.87. The van der Waals surface area contributed by atoms with Crippen LogP contribution in [0.2, 0.25) is 0 Å². The lowest BCUT2D eigenvalue weighted by Crippen LogP contribution is -2.48. The number of rotatable bonds is 7. The zero-order valence-corrected chi connectivity index (χ0v) is 13.2. The molecule has 0 aromatic carbocycles. The molecule has 1 aliphatic heterocycles. The highest BCUT2D eigenvalue weighted by molar-refractivity contribution is 7.79. The highest BCUT2D eigenvalue weighted by Crippen LogP contribution is 2.24. The van der Waals surface area contributed by atoms with Crippen molar-refractivity contribution in [3.63, 3.8) is 0 Å². The van der Waals surface area contributed by atoms with E-state index in [1.807, 2.05) is 0 Å². The zero-order chi connectivity index (χ0) is 15.3. The maximum absolute atomic E-state index is 12.4. The number of amides is 1. The molecular weight excluding hydrogens is 276 g/mol. The summed E-state index contributed by atoms with van der Waals surface area (Å²) < 4.78 is 20.5. The highest BCUT2D eigenvalue weighted by atomic mass is 32.2. The smallest absolute Gasteiger partial charge is 0.244 e. The van der Waals surface area contributed by atoms with Crippen molar-refractivity contribution in [1.82, 2.24) is 4.90 Å². The second-order valence-corrected chi connectivity index (χ2v) is 6.52. The third-order valence-corrected chi connectivity index (χ3v) is 5.08. The summed E-state index contributed by atoms with van der Waals surface area (Å²) in [5.74, 6) is 0.216. The van der Waals surface area contributed by atoms with E-state index in [0.29, 0.717) is 18.9 Å². The molecule has 3 N–H and O–H groups in total. The van der Waals surface area contributed by atoms with Crippen molar-refractivity contribution in [3.05, 3.63) is 12.2 Å². The first kappa shape index (κ1) is 17.3. The van der Waals surface area contributed by atoms with Gasteiger partial charge in [0.05, 0.1) is 0 Å². The zero-order valence-electron chi connectivity index (χ0n) is 12.4. The maximum atomic E-state index is 12.4. The first-order valence-corrected chi connectivity index (χ1v) is 8.42. The minimum atomic E-state index is -2.02. The van der Waals surface area contributed by atoms with E-state index in [1.165, 1.54) is 4.90 Å². The van der Waals surface area contributed by atoms with Crippen LogP contribution < -0.4 is 5.73 Å². The molecule has 0 aliphatic carbocycles. The molecule has 0 spiro atoms. The van der Waals surface area contributed by atoms with Gasteiger partial charge in [-0.25, -0.2) is 4.21 Å². The van der Waals surface area contributed by atoms with E-state index in [2.05, 4.69) is 20.4 Å². The number of nitrogens with two attached hydrogens (primary N) is 1. The van der Waals surface area contributed by atoms with Crippen LogP contribution in [-0.2, 0) is 15.9 Å². The van der Waals surface area contributed by atoms with Crippen molar-refractivity contribution in [2.45, 2.75) is 57.4 Å². The fourth-order valence-corrected chi connectivity index (χ4v) is 3.42. The highest BCUT2D eigenvalue weighted by Gasteiger charge is 2.35. The summed E-state index contributed by atoms with van der Waals surface area (Å²) >= 11 is -2.02. The fourth-order valence-electron chi connectivity index (χ4n) is 2.63. The maximum Gasteiger partial charge on any atom is 0.244 e. The van der Waals surface area contributed by atoms with Crippen LogP contribution >= 0.6 is 0 Å². The van der Waals surface area contributed by atoms with Crippen molar-refractivity contribution in [1.29, 1.82) is 0 Å². The Morgan fingerprint density at radius 1 is 1.50 bits per heavy atom. The SMILES string of the molecule is C=C(CC(CC)CC)[C@H](N)C(=O)N1CCC[C@H]1S(=O)O. The molecular formula is C14H26N2O3S. The minimum absolute atomic E-state index is 0.272. The molecule has 0 saturated carbocycles. The quantitative estimate of drug-likeness (QED) is 0.555. The van der Waals surface area contributed by atoms with Gasteiger partial charge in [-0.05, 0) is 25.2 Å². The van der Waals surface area contributed by atoms with E-state index in [4.69, 9.17) is 5.73 Å². The van der Waals surface area contributed by atoms with Gasteiger partial charge in [0.25, 0.3) is 0 Å². The van der Waals surface area contributed by atoms with Gasteiger partial charge in [0.15, 0.2) is 11.1 Å². The number of likely N-dealkylation sites (tertiary alicyclic amines) is 1. The molecule has 1 saturated heterocycles. The average Bonchev–Trinajstić information content (AvgIpc) is 2.92. The van der Waals surface area contributed by atoms with Crippen LogP contribution in [0.4, 0.5) is 0 Å². The summed E-state index contributed by atoms with van der Waals surface area (Å²) in [5.41, 5.74) is 6.71. The van der Waals surface area contributed by atoms with E-state index in [-0.39, 0.29) is 5.91 Å². The Bertz CT molecular complexity index is 383. The molecule has 1 aliphatic rings. The number of hydrogen-bond donors (Lipinski definition) is 2. The van der Waals surface area contributed by atoms with Crippen LogP contribution in [0.1, 0.15) is 46.0 Å². The Labute approximate surface area is 123 Å². The van der Waals surface area contributed by atoms with Crippen molar-refractivity contribution < 1.29 is 13.6 Å². The lowest BCUT2D eigenvalue weighted by molar-refractivity contribution is -0.131. The van der Waals surface area contributed by atoms with Gasteiger partial charge in [-0.1, -0.05) is 38.8 Å². The van der Waals surface area contributed by atoms with Crippen LogP contribution in [0.3, 0.4) is 0 Å². The summed E-state index contributed by atoms with van der Waals surface area (Å²) in [6.07, 6.45) is 4.10. The third-order valence-electron chi connectivity index (χ3n) is 4.12. The summed E-state index contributed by atoms with van der Waals surface area (Å²) in [4.78, 5) is 13.8. The fraction of sp³-hybridized carbons (Fsp3) is 0.786. The van der Waals surface area contributed by atoms with Crippen molar-refractivity contribution >= 4 is 17.0 Å². The Hall–Kier alpha value is -0.720. The van der Waals surface area contributed by atoms with Gasteiger partial charge in [0.2, 0.25) is 5.91 Å². The molecule has 5 nitrogen and oxygen atoms in total. The monoisotopic (exact) mass is 302 g/mol. The Kier molecular flexibility index (Phi) is 6.85. The summed E-state index contributed by atoms with van der Waals surface area (Å²) in [6, 6.07) is -0.764. The van der Waals surface area contributed by atoms with Crippen molar-refractivity contribution in [3.8, 4) is 0 Å². The van der Waals surface area contributed by atoms with Crippen LogP contribution in [-0.4, -0.2) is 37.5 Å². The molecule has 20 heavy (non-hydrogen) atoms. The molecule has 6 heteroatoms. The lowest BCUT2D eigenvalue weighted by Gasteiger charge is -2.27. The Morgan fingerprint density at radius 3 is 2.60 bits per heavy atom. The van der Waals surface area contributed by atoms with Gasteiger partial charge in [-0.15, -0.1) is 0 Å². The van der Waals surface area contributed by atoms with Gasteiger partial charge < -0.3 is 15.2 Å². The summed E-state index contributed by atoms with van der Waals surface area (Å²) in [6.45, 7) is 8.67. The molecule has 1 fully saturated rings. The van der Waals surface area contributed by atoms with Gasteiger partial charge >= 0.3 is 0 Å². The van der Waals surface area contributed by atoms with Crippen LogP contribution in [0.15, 0.2) is 12.2 Å². The summed E-state index contributed by atoms with van der Waals surface area (Å²) in [7, 11) is 0. The van der Waals surface area contributed by atoms with Gasteiger partial charge in [-0.3, -0.25) is 4.79 Å². The molecule has 0 radical (unpaired) electrons. The third kappa shape index (κ3) is 4.14. The average molecular weight is 302 g/mol. The predicted molar refractivity (Wildman–Crippen MR) is 81.3 cm³/mol. The minimum Gasteiger partial charge on any atom is -0.324 e. The molecule has 1 heterocycles. The van der Waals surface area contributed by atoms with E-state index in [9.17, 15) is 13.6 Å². The second-order valence-electron chi connectivity index (χ2n) is 5.43. The first-order valence-electron chi connectivity index (χ1n) is 7.25. The van der Waals surface area contributed by atoms with Gasteiger partial charge in [0, 0.05) is 6.54 Å². The molecule has 0 aromatic heterocycles. The molecule has 1 rings (SSSR count). The number of carbonyl (C=O) groups is 1. The van der Waals surface area contributed by atoms with Gasteiger partial charge in [-0.2, -0.15) is 0 Å². The molecule has 1 unspecified atom stereocenters. The topological polar surface area (TPSA) is 83.6 Å². The second kappa shape index (κ2) is 7.90. The standard InChI is InChI=1S/C14H26N2O3S/c1-4-11(5-2)9-10(3)13(15)14(17)16-8-6-7-12(16)20(18)19/h11-13H,3-9,15H2,1-2H3,(H,18,19)/t12-,13+/m1/s1. The van der Waals surface area contributed by atoms with Crippen molar-refractivity contribution in [2.75, 3.05) is 6.54 Å². The lowest BCUT2D eigenvalue weighted by atomic mass is 9.91. The van der Waals surface area contributed by atoms with Crippen LogP contribution in [0, 0.1) is 5.92 Å². The van der Waals surface area contributed by atoms with Crippen LogP contribution in [0.5, 0.6) is 0 Å². The molecule has 3 atom stereocenters. The molecule has 1 amide bonds. The number of nitrogens with zero attached hydrogens (tertiary/aromatic N) is 1. The largest absolute Gasteiger partial charge is 0.324 e. The van der Waals surface area contributed by atoms with E-state index in [0.717, 1.165) is 31.3 Å². The number of carbonyl (C=O) groups excluding carboxylic acids is 1. The van der Waals surface area contributed by atoms with E-state index in [1.54, 1.807) is 0 Å². The normalized spacial score (nSPS) is 22.1. The number of hydrogen-bond acceptors (Lipinski definition) is 3. The summed E-state index contributed by atoms with van der Waals surface area (Å²) in [5, 5.41) is -0.616.